The van der Waals surface area contributed by atoms with Gasteiger partial charge >= 0.3 is 6.55 Å². The molecule has 154 valence electrons. The zero-order chi connectivity index (χ0) is 19.2. The lowest BCUT2D eigenvalue weighted by Gasteiger charge is -2.21. The number of hydrogen-bond acceptors (Lipinski definition) is 3. The standard InChI is InChI=1S/C18H23BrF2N6.HI/c1-2-22-18(24-11-16-23-8-10-27(16)17(20)21)25-13-7-9-26(12-13)15-6-4-3-5-14(15)19;/h3-6,8,10,13,17H,2,7,9,11-12H2,1H3,(H2,22,24,25);1H. The number of imidazole rings is 1. The summed E-state index contributed by atoms with van der Waals surface area (Å²) >= 11 is 3.60. The molecule has 0 bridgehead atoms. The molecule has 1 unspecified atom stereocenters. The van der Waals surface area contributed by atoms with Crippen LogP contribution in [0.5, 0.6) is 0 Å². The minimum atomic E-state index is -2.61. The topological polar surface area (TPSA) is 57.5 Å². The van der Waals surface area contributed by atoms with E-state index in [-0.39, 0.29) is 42.4 Å². The van der Waals surface area contributed by atoms with Gasteiger partial charge in [-0.2, -0.15) is 8.78 Å². The van der Waals surface area contributed by atoms with Crippen LogP contribution in [0.25, 0.3) is 0 Å². The van der Waals surface area contributed by atoms with Crippen molar-refractivity contribution in [1.82, 2.24) is 20.2 Å². The average Bonchev–Trinajstić information content (AvgIpc) is 3.29. The first-order valence-electron chi connectivity index (χ1n) is 8.92. The molecule has 1 aliphatic heterocycles. The van der Waals surface area contributed by atoms with Crippen LogP contribution < -0.4 is 15.5 Å². The number of guanidine groups is 1. The largest absolute Gasteiger partial charge is 0.368 e. The number of nitrogens with zero attached hydrogens (tertiary/aromatic N) is 4. The number of anilines is 1. The van der Waals surface area contributed by atoms with Gasteiger partial charge in [-0.3, -0.25) is 4.57 Å². The van der Waals surface area contributed by atoms with E-state index in [4.69, 9.17) is 0 Å². The molecule has 1 aromatic carbocycles. The molecule has 28 heavy (non-hydrogen) atoms. The number of rotatable bonds is 6. The number of halogens is 4. The molecule has 1 atom stereocenters. The molecular weight excluding hydrogens is 545 g/mol. The highest BCUT2D eigenvalue weighted by atomic mass is 127. The molecule has 2 N–H and O–H groups in total. The van der Waals surface area contributed by atoms with Crippen LogP contribution in [0.1, 0.15) is 25.7 Å². The van der Waals surface area contributed by atoms with Crippen LogP contribution in [0.4, 0.5) is 14.5 Å². The Morgan fingerprint density at radius 2 is 2.18 bits per heavy atom. The van der Waals surface area contributed by atoms with Crippen molar-refractivity contribution in [1.29, 1.82) is 0 Å². The highest BCUT2D eigenvalue weighted by molar-refractivity contribution is 14.0. The van der Waals surface area contributed by atoms with Gasteiger partial charge in [0.2, 0.25) is 0 Å². The van der Waals surface area contributed by atoms with Crippen molar-refractivity contribution >= 4 is 51.6 Å². The van der Waals surface area contributed by atoms with Crippen molar-refractivity contribution in [3.63, 3.8) is 0 Å². The Morgan fingerprint density at radius 3 is 2.89 bits per heavy atom. The second-order valence-electron chi connectivity index (χ2n) is 6.25. The Kier molecular flexibility index (Phi) is 8.93. The molecule has 1 fully saturated rings. The Morgan fingerprint density at radius 1 is 1.39 bits per heavy atom. The molecule has 1 aliphatic rings. The second kappa shape index (κ2) is 10.9. The van der Waals surface area contributed by atoms with E-state index in [1.807, 2.05) is 25.1 Å². The smallest absolute Gasteiger partial charge is 0.319 e. The lowest BCUT2D eigenvalue weighted by Crippen LogP contribution is -2.44. The van der Waals surface area contributed by atoms with E-state index < -0.39 is 6.55 Å². The molecule has 0 spiro atoms. The van der Waals surface area contributed by atoms with Crippen molar-refractivity contribution in [2.45, 2.75) is 32.5 Å². The number of aromatic nitrogens is 2. The summed E-state index contributed by atoms with van der Waals surface area (Å²) in [6.45, 7) is 1.93. The normalized spacial score (nSPS) is 17.0. The zero-order valence-electron chi connectivity index (χ0n) is 15.5. The highest BCUT2D eigenvalue weighted by Crippen LogP contribution is 2.28. The maximum atomic E-state index is 12.9. The van der Waals surface area contributed by atoms with Crippen molar-refractivity contribution in [2.75, 3.05) is 24.5 Å². The van der Waals surface area contributed by atoms with Gasteiger partial charge in [-0.15, -0.1) is 24.0 Å². The number of hydrogen-bond donors (Lipinski definition) is 2. The van der Waals surface area contributed by atoms with Gasteiger partial charge in [0.25, 0.3) is 0 Å². The lowest BCUT2D eigenvalue weighted by molar-refractivity contribution is 0.0671. The third-order valence-electron chi connectivity index (χ3n) is 4.40. The monoisotopic (exact) mass is 568 g/mol. The molecule has 2 heterocycles. The molecule has 0 aliphatic carbocycles. The van der Waals surface area contributed by atoms with Crippen molar-refractivity contribution in [3.05, 3.63) is 47.0 Å². The maximum Gasteiger partial charge on any atom is 0.319 e. The Bertz CT molecular complexity index is 785. The Balaban J connectivity index is 0.00000280. The number of benzene rings is 1. The molecule has 1 saturated heterocycles. The van der Waals surface area contributed by atoms with Gasteiger partial charge in [0, 0.05) is 42.5 Å². The average molecular weight is 569 g/mol. The summed E-state index contributed by atoms with van der Waals surface area (Å²) < 4.78 is 27.8. The summed E-state index contributed by atoms with van der Waals surface area (Å²) in [5.74, 6) is 0.851. The van der Waals surface area contributed by atoms with Crippen LogP contribution in [-0.2, 0) is 6.54 Å². The SMILES string of the molecule is CCNC(=NCc1nccn1C(F)F)NC1CCN(c2ccccc2Br)C1.I. The van der Waals surface area contributed by atoms with E-state index in [1.165, 1.54) is 18.1 Å². The van der Waals surface area contributed by atoms with E-state index >= 15 is 0 Å². The Hall–Kier alpha value is -1.43. The van der Waals surface area contributed by atoms with Gasteiger partial charge in [0.05, 0.1) is 5.69 Å². The summed E-state index contributed by atoms with van der Waals surface area (Å²) in [6.07, 6.45) is 3.60. The first-order chi connectivity index (χ1) is 13.1. The molecule has 3 rings (SSSR count). The highest BCUT2D eigenvalue weighted by Gasteiger charge is 2.24. The van der Waals surface area contributed by atoms with Crippen LogP contribution in [0.2, 0.25) is 0 Å². The summed E-state index contributed by atoms with van der Waals surface area (Å²) in [4.78, 5) is 10.7. The second-order valence-corrected chi connectivity index (χ2v) is 7.11. The summed E-state index contributed by atoms with van der Waals surface area (Å²) in [6, 6.07) is 8.38. The van der Waals surface area contributed by atoms with E-state index in [2.05, 4.69) is 47.5 Å². The maximum absolute atomic E-state index is 12.9. The molecule has 0 saturated carbocycles. The third-order valence-corrected chi connectivity index (χ3v) is 5.07. The van der Waals surface area contributed by atoms with Crippen molar-refractivity contribution < 1.29 is 8.78 Å². The fourth-order valence-electron chi connectivity index (χ4n) is 3.11. The first kappa shape index (κ1) is 22.9. The molecular formula is C18H24BrF2IN6. The first-order valence-corrected chi connectivity index (χ1v) is 9.72. The van der Waals surface area contributed by atoms with Crippen LogP contribution in [-0.4, -0.2) is 41.2 Å². The summed E-state index contributed by atoms with van der Waals surface area (Å²) in [5.41, 5.74) is 1.17. The molecule has 6 nitrogen and oxygen atoms in total. The van der Waals surface area contributed by atoms with Crippen LogP contribution in [0.3, 0.4) is 0 Å². The minimum Gasteiger partial charge on any atom is -0.368 e. The molecule has 0 radical (unpaired) electrons. The van der Waals surface area contributed by atoms with Crippen LogP contribution >= 0.6 is 39.9 Å². The quantitative estimate of drug-likeness (QED) is 0.314. The number of alkyl halides is 2. The lowest BCUT2D eigenvalue weighted by atomic mass is 10.3. The van der Waals surface area contributed by atoms with Crippen LogP contribution in [0.15, 0.2) is 46.1 Å². The van der Waals surface area contributed by atoms with E-state index in [9.17, 15) is 8.78 Å². The number of aliphatic imine (C=N–C) groups is 1. The molecule has 10 heteroatoms. The minimum absolute atomic E-state index is 0. The number of nitrogens with one attached hydrogen (secondary N) is 2. The van der Waals surface area contributed by atoms with Crippen molar-refractivity contribution in [2.24, 2.45) is 4.99 Å². The predicted octanol–water partition coefficient (Wildman–Crippen LogP) is 3.99. The van der Waals surface area contributed by atoms with Crippen molar-refractivity contribution in [3.8, 4) is 0 Å². The summed E-state index contributed by atoms with van der Waals surface area (Å²) in [5, 5.41) is 6.58. The third kappa shape index (κ3) is 5.79. The van der Waals surface area contributed by atoms with Gasteiger partial charge in [-0.1, -0.05) is 12.1 Å². The van der Waals surface area contributed by atoms with Gasteiger partial charge in [0.15, 0.2) is 5.96 Å². The van der Waals surface area contributed by atoms with Gasteiger partial charge in [-0.25, -0.2) is 9.98 Å². The Labute approximate surface area is 189 Å². The van der Waals surface area contributed by atoms with Gasteiger partial charge in [-0.05, 0) is 41.4 Å². The fraction of sp³-hybridized carbons (Fsp3) is 0.444. The zero-order valence-corrected chi connectivity index (χ0v) is 19.4. The fourth-order valence-corrected chi connectivity index (χ4v) is 3.65. The van der Waals surface area contributed by atoms with E-state index in [0.29, 0.717) is 12.5 Å². The van der Waals surface area contributed by atoms with E-state index in [0.717, 1.165) is 28.6 Å². The number of para-hydroxylation sites is 1. The predicted molar refractivity (Wildman–Crippen MR) is 122 cm³/mol. The molecule has 2 aromatic rings. The molecule has 1 aromatic heterocycles. The van der Waals surface area contributed by atoms with Gasteiger partial charge < -0.3 is 15.5 Å². The van der Waals surface area contributed by atoms with Gasteiger partial charge in [0.1, 0.15) is 12.4 Å². The van der Waals surface area contributed by atoms with E-state index in [1.54, 1.807) is 0 Å². The van der Waals surface area contributed by atoms with Crippen LogP contribution in [0, 0.1) is 0 Å². The molecule has 0 amide bonds. The summed E-state index contributed by atoms with van der Waals surface area (Å²) in [7, 11) is 0.